The van der Waals surface area contributed by atoms with Crippen LogP contribution in [0.5, 0.6) is 0 Å². The Hall–Kier alpha value is -1.55. The van der Waals surface area contributed by atoms with Crippen molar-refractivity contribution in [3.05, 3.63) is 35.4 Å². The van der Waals surface area contributed by atoms with Crippen LogP contribution in [0, 0.1) is 12.8 Å². The average Bonchev–Trinajstić information content (AvgIpc) is 2.46. The molecule has 1 fully saturated rings. The van der Waals surface area contributed by atoms with Crippen molar-refractivity contribution < 1.29 is 14.6 Å². The van der Waals surface area contributed by atoms with E-state index >= 15 is 0 Å². The number of hydrogen-bond acceptors (Lipinski definition) is 3. The van der Waals surface area contributed by atoms with Crippen LogP contribution in [-0.2, 0) is 4.74 Å². The molecular weight excluding hydrogens is 278 g/mol. The summed E-state index contributed by atoms with van der Waals surface area (Å²) < 4.78 is 5.40. The molecule has 0 spiro atoms. The van der Waals surface area contributed by atoms with E-state index in [4.69, 9.17) is 4.74 Å². The van der Waals surface area contributed by atoms with Crippen molar-refractivity contribution in [2.24, 2.45) is 5.92 Å². The van der Waals surface area contributed by atoms with Gasteiger partial charge in [0.2, 0.25) is 0 Å². The standard InChI is InChI=1S/C18H27NO3/c1-13-5-7-14(8-6-13)16(20)15-9-11-19(12-10-15)17(21)22-18(2,3)4/h5-8,15-16,20H,9-12H2,1-4H3. The number of aliphatic hydroxyl groups is 1. The van der Waals surface area contributed by atoms with E-state index in [0.29, 0.717) is 13.1 Å². The number of rotatable bonds is 2. The number of aryl methyl sites for hydroxylation is 1. The second-order valence-corrected chi connectivity index (χ2v) is 7.16. The molecule has 1 amide bonds. The van der Waals surface area contributed by atoms with Crippen LogP contribution in [0.25, 0.3) is 0 Å². The van der Waals surface area contributed by atoms with Crippen LogP contribution in [0.2, 0.25) is 0 Å². The van der Waals surface area contributed by atoms with Crippen LogP contribution in [0.1, 0.15) is 50.8 Å². The smallest absolute Gasteiger partial charge is 0.410 e. The lowest BCUT2D eigenvalue weighted by molar-refractivity contribution is 0.00767. The fraction of sp³-hybridized carbons (Fsp3) is 0.611. The highest BCUT2D eigenvalue weighted by molar-refractivity contribution is 5.68. The van der Waals surface area contributed by atoms with Gasteiger partial charge in [0, 0.05) is 13.1 Å². The van der Waals surface area contributed by atoms with E-state index < -0.39 is 11.7 Å². The number of carbonyl (C=O) groups is 1. The minimum atomic E-state index is -0.463. The third kappa shape index (κ3) is 4.47. The Bertz CT molecular complexity index is 496. The first-order valence-electron chi connectivity index (χ1n) is 7.99. The van der Waals surface area contributed by atoms with E-state index in [1.54, 1.807) is 4.90 Å². The second kappa shape index (κ2) is 6.69. The molecular formula is C18H27NO3. The third-order valence-corrected chi connectivity index (χ3v) is 4.06. The molecule has 0 radical (unpaired) electrons. The summed E-state index contributed by atoms with van der Waals surface area (Å²) in [5.41, 5.74) is 1.69. The maximum atomic E-state index is 12.0. The Morgan fingerprint density at radius 2 is 1.77 bits per heavy atom. The van der Waals surface area contributed by atoms with Gasteiger partial charge in [-0.25, -0.2) is 4.79 Å². The zero-order chi connectivity index (χ0) is 16.3. The Kier molecular flexibility index (Phi) is 5.12. The van der Waals surface area contributed by atoms with E-state index in [0.717, 1.165) is 18.4 Å². The maximum absolute atomic E-state index is 12.0. The van der Waals surface area contributed by atoms with E-state index in [1.807, 2.05) is 52.0 Å². The van der Waals surface area contributed by atoms with Crippen molar-refractivity contribution in [3.63, 3.8) is 0 Å². The van der Waals surface area contributed by atoms with Gasteiger partial charge < -0.3 is 14.7 Å². The van der Waals surface area contributed by atoms with E-state index in [1.165, 1.54) is 5.56 Å². The predicted octanol–water partition coefficient (Wildman–Crippen LogP) is 3.68. The number of aliphatic hydroxyl groups excluding tert-OH is 1. The molecule has 0 aliphatic carbocycles. The van der Waals surface area contributed by atoms with Gasteiger partial charge in [-0.1, -0.05) is 29.8 Å². The molecule has 1 unspecified atom stereocenters. The molecule has 1 atom stereocenters. The highest BCUT2D eigenvalue weighted by atomic mass is 16.6. The quantitative estimate of drug-likeness (QED) is 0.907. The minimum absolute atomic E-state index is 0.196. The first-order valence-corrected chi connectivity index (χ1v) is 7.99. The molecule has 2 rings (SSSR count). The fourth-order valence-corrected chi connectivity index (χ4v) is 2.76. The summed E-state index contributed by atoms with van der Waals surface area (Å²) in [7, 11) is 0. The highest BCUT2D eigenvalue weighted by Gasteiger charge is 2.30. The van der Waals surface area contributed by atoms with Gasteiger partial charge in [0.1, 0.15) is 5.60 Å². The summed E-state index contributed by atoms with van der Waals surface area (Å²) in [6.45, 7) is 8.94. The topological polar surface area (TPSA) is 49.8 Å². The van der Waals surface area contributed by atoms with Crippen LogP contribution >= 0.6 is 0 Å². The summed E-state index contributed by atoms with van der Waals surface area (Å²) >= 11 is 0. The molecule has 1 aliphatic rings. The zero-order valence-electron chi connectivity index (χ0n) is 14.0. The Labute approximate surface area is 133 Å². The Balaban J connectivity index is 1.89. The monoisotopic (exact) mass is 305 g/mol. The molecule has 0 bridgehead atoms. The first kappa shape index (κ1) is 16.8. The van der Waals surface area contributed by atoms with Crippen molar-refractivity contribution in [2.45, 2.75) is 52.2 Å². The number of amides is 1. The number of hydrogen-bond donors (Lipinski definition) is 1. The summed E-state index contributed by atoms with van der Waals surface area (Å²) in [6.07, 6.45) is 0.889. The van der Waals surface area contributed by atoms with Crippen molar-refractivity contribution >= 4 is 6.09 Å². The third-order valence-electron chi connectivity index (χ3n) is 4.06. The van der Waals surface area contributed by atoms with Crippen molar-refractivity contribution in [1.29, 1.82) is 0 Å². The van der Waals surface area contributed by atoms with Gasteiger partial charge in [0.15, 0.2) is 0 Å². The molecule has 0 aromatic heterocycles. The number of ether oxygens (including phenoxy) is 1. The van der Waals surface area contributed by atoms with Gasteiger partial charge in [0.05, 0.1) is 6.10 Å². The molecule has 22 heavy (non-hydrogen) atoms. The predicted molar refractivity (Wildman–Crippen MR) is 86.7 cm³/mol. The first-order chi connectivity index (χ1) is 10.3. The van der Waals surface area contributed by atoms with E-state index in [9.17, 15) is 9.90 Å². The number of benzene rings is 1. The normalized spacial score (nSPS) is 18.1. The number of piperidine rings is 1. The lowest BCUT2D eigenvalue weighted by Crippen LogP contribution is -2.42. The molecule has 1 aliphatic heterocycles. The Morgan fingerprint density at radius 1 is 1.23 bits per heavy atom. The van der Waals surface area contributed by atoms with E-state index in [2.05, 4.69) is 0 Å². The lowest BCUT2D eigenvalue weighted by atomic mass is 9.87. The van der Waals surface area contributed by atoms with Gasteiger partial charge in [-0.2, -0.15) is 0 Å². The summed E-state index contributed by atoms with van der Waals surface area (Å²) in [5.74, 6) is 0.196. The summed E-state index contributed by atoms with van der Waals surface area (Å²) in [5, 5.41) is 10.5. The van der Waals surface area contributed by atoms with Crippen LogP contribution < -0.4 is 0 Å². The van der Waals surface area contributed by atoms with Crippen molar-refractivity contribution in [2.75, 3.05) is 13.1 Å². The molecule has 4 nitrogen and oxygen atoms in total. The SMILES string of the molecule is Cc1ccc(C(O)C2CCN(C(=O)OC(C)(C)C)CC2)cc1. The van der Waals surface area contributed by atoms with Crippen LogP contribution in [0.3, 0.4) is 0 Å². The second-order valence-electron chi connectivity index (χ2n) is 7.16. The maximum Gasteiger partial charge on any atom is 0.410 e. The largest absolute Gasteiger partial charge is 0.444 e. The van der Waals surface area contributed by atoms with Crippen molar-refractivity contribution in [3.8, 4) is 0 Å². The number of likely N-dealkylation sites (tertiary alicyclic amines) is 1. The zero-order valence-corrected chi connectivity index (χ0v) is 14.0. The molecule has 0 saturated carbocycles. The average molecular weight is 305 g/mol. The highest BCUT2D eigenvalue weighted by Crippen LogP contribution is 2.31. The van der Waals surface area contributed by atoms with Gasteiger partial charge in [0.25, 0.3) is 0 Å². The van der Waals surface area contributed by atoms with Crippen LogP contribution in [0.15, 0.2) is 24.3 Å². The van der Waals surface area contributed by atoms with E-state index in [-0.39, 0.29) is 12.0 Å². The molecule has 1 N–H and O–H groups in total. The van der Waals surface area contributed by atoms with Gasteiger partial charge in [-0.15, -0.1) is 0 Å². The van der Waals surface area contributed by atoms with Crippen molar-refractivity contribution in [1.82, 2.24) is 4.90 Å². The molecule has 122 valence electrons. The molecule has 1 saturated heterocycles. The summed E-state index contributed by atoms with van der Waals surface area (Å²) in [6, 6.07) is 8.02. The Morgan fingerprint density at radius 3 is 2.27 bits per heavy atom. The van der Waals surface area contributed by atoms with Gasteiger partial charge >= 0.3 is 6.09 Å². The lowest BCUT2D eigenvalue weighted by Gasteiger charge is -2.35. The minimum Gasteiger partial charge on any atom is -0.444 e. The van der Waals surface area contributed by atoms with Gasteiger partial charge in [-0.3, -0.25) is 0 Å². The number of nitrogens with zero attached hydrogens (tertiary/aromatic N) is 1. The van der Waals surface area contributed by atoms with Gasteiger partial charge in [-0.05, 0) is 52.0 Å². The van der Waals surface area contributed by atoms with Crippen LogP contribution in [-0.4, -0.2) is 34.8 Å². The van der Waals surface area contributed by atoms with Crippen LogP contribution in [0.4, 0.5) is 4.79 Å². The number of carbonyl (C=O) groups excluding carboxylic acids is 1. The summed E-state index contributed by atoms with van der Waals surface area (Å²) in [4.78, 5) is 13.8. The fourth-order valence-electron chi connectivity index (χ4n) is 2.76. The molecule has 4 heteroatoms. The molecule has 1 heterocycles. The molecule has 1 aromatic rings. The molecule has 1 aromatic carbocycles.